The molecule has 310 valence electrons. The van der Waals surface area contributed by atoms with Crippen LogP contribution >= 0.6 is 0 Å². The molecular formula is C44H46F2N10O4. The maximum Gasteiger partial charge on any atom is 0.274 e. The van der Waals surface area contributed by atoms with Crippen LogP contribution < -0.4 is 10.6 Å². The number of aliphatic hydroxyl groups is 1. The van der Waals surface area contributed by atoms with Crippen molar-refractivity contribution < 1.29 is 28.3 Å². The number of amides is 3. The third-order valence-corrected chi connectivity index (χ3v) is 12.3. The highest BCUT2D eigenvalue weighted by molar-refractivity contribution is 6.05. The first-order valence-electron chi connectivity index (χ1n) is 20.4. The first-order valence-corrected chi connectivity index (χ1v) is 20.4. The molecule has 1 aliphatic carbocycles. The molecular weight excluding hydrogens is 771 g/mol. The van der Waals surface area contributed by atoms with Crippen molar-refractivity contribution in [3.8, 4) is 12.1 Å². The number of carbonyl (C=O) groups is 3. The Morgan fingerprint density at radius 3 is 2.47 bits per heavy atom. The Kier molecular flexibility index (Phi) is 11.2. The Bertz CT molecular complexity index is 2550. The molecule has 0 unspecified atom stereocenters. The molecule has 0 radical (unpaired) electrons. The molecule has 0 bridgehead atoms. The molecule has 2 aliphatic heterocycles. The van der Waals surface area contributed by atoms with Crippen molar-refractivity contribution in [2.45, 2.75) is 94.9 Å². The molecule has 2 saturated heterocycles. The summed E-state index contributed by atoms with van der Waals surface area (Å²) < 4.78 is 33.8. The number of nitrogens with zero attached hydrogens (tertiary/aromatic N) is 8. The lowest BCUT2D eigenvalue weighted by molar-refractivity contribution is -0.134. The minimum Gasteiger partial charge on any atom is -0.386 e. The summed E-state index contributed by atoms with van der Waals surface area (Å²) in [5, 5.41) is 45.3. The van der Waals surface area contributed by atoms with Gasteiger partial charge in [-0.3, -0.25) is 29.3 Å². The van der Waals surface area contributed by atoms with Gasteiger partial charge in [0.05, 0.1) is 52.8 Å². The van der Waals surface area contributed by atoms with Gasteiger partial charge in [-0.25, -0.2) is 13.3 Å². The number of piperidine rings is 1. The molecule has 3 aliphatic rings. The summed E-state index contributed by atoms with van der Waals surface area (Å²) in [6.45, 7) is 6.08. The van der Waals surface area contributed by atoms with Gasteiger partial charge in [0, 0.05) is 73.1 Å². The van der Waals surface area contributed by atoms with Crippen LogP contribution in [0.1, 0.15) is 103 Å². The van der Waals surface area contributed by atoms with Gasteiger partial charge in [-0.2, -0.15) is 20.7 Å². The standard InChI is InChI=1S/C44H46F2N10O4/c1-44(2,60)34-21-37-28(20-38(34)50-43(59)39-9-7-31-17-27(22-48)23-49-56(31)39)24-55(52-37)30-5-3-29(4-6-30)54-16-15-53(25-32(54)11-13-47)14-12-26-18-35(45)41(36(46)19-26)33-8-10-40(57)51-42(33)58/h7,9,17-21,23-24,29-30,32-33,60H,3-6,8,10-12,14-16,25H2,1-2H3,(H,50,59)(H,51,57,58)/t29?,30?,32-,33+/m0/s1. The van der Waals surface area contributed by atoms with Crippen LogP contribution in [0.4, 0.5) is 14.5 Å². The first-order chi connectivity index (χ1) is 28.8. The minimum absolute atomic E-state index is 0.0189. The van der Waals surface area contributed by atoms with E-state index in [1.54, 1.807) is 32.0 Å². The Labute approximate surface area is 345 Å². The normalized spacial score (nSPS) is 21.8. The Hall–Kier alpha value is -6.07. The number of aromatic nitrogens is 4. The molecule has 60 heavy (non-hydrogen) atoms. The zero-order valence-corrected chi connectivity index (χ0v) is 33.5. The summed E-state index contributed by atoms with van der Waals surface area (Å²) in [4.78, 5) is 42.0. The van der Waals surface area contributed by atoms with Gasteiger partial charge >= 0.3 is 0 Å². The van der Waals surface area contributed by atoms with Crippen molar-refractivity contribution in [2.24, 2.45) is 0 Å². The lowest BCUT2D eigenvalue weighted by atomic mass is 9.88. The van der Waals surface area contributed by atoms with Gasteiger partial charge in [-0.1, -0.05) is 0 Å². The second kappa shape index (κ2) is 16.5. The molecule has 0 spiro atoms. The van der Waals surface area contributed by atoms with Crippen molar-refractivity contribution in [1.82, 2.24) is 34.5 Å². The summed E-state index contributed by atoms with van der Waals surface area (Å²) >= 11 is 0. The number of carbonyl (C=O) groups excluding carboxylic acids is 3. The van der Waals surface area contributed by atoms with E-state index in [1.807, 2.05) is 23.0 Å². The summed E-state index contributed by atoms with van der Waals surface area (Å²) in [5.74, 6) is -4.13. The monoisotopic (exact) mass is 816 g/mol. The number of fused-ring (bicyclic) bond motifs is 2. The third-order valence-electron chi connectivity index (χ3n) is 12.3. The molecule has 14 nitrogen and oxygen atoms in total. The number of anilines is 1. The SMILES string of the molecule is CC(C)(O)c1cc2nn(C3CCC(N4CCN(CCc5cc(F)c([C@H]6CCC(=O)NC6=O)c(F)c5)C[C@@H]4CC#N)CC3)cc2cc1NC(=O)c1ccc2cc(C#N)cnn12. The summed E-state index contributed by atoms with van der Waals surface area (Å²) in [6, 6.07) is 16.1. The molecule has 3 aromatic heterocycles. The molecule has 3 N–H and O–H groups in total. The number of imide groups is 1. The average molecular weight is 817 g/mol. The molecule has 2 aromatic carbocycles. The van der Waals surface area contributed by atoms with Crippen LogP contribution in [-0.4, -0.2) is 90.3 Å². The number of halogens is 2. The van der Waals surface area contributed by atoms with E-state index >= 15 is 8.78 Å². The quantitative estimate of drug-likeness (QED) is 0.153. The van der Waals surface area contributed by atoms with Crippen LogP contribution in [0.3, 0.4) is 0 Å². The van der Waals surface area contributed by atoms with Crippen LogP contribution in [0.15, 0.2) is 54.9 Å². The summed E-state index contributed by atoms with van der Waals surface area (Å²) in [7, 11) is 0. The number of nitrogens with one attached hydrogen (secondary N) is 2. The van der Waals surface area contributed by atoms with Gasteiger partial charge in [0.15, 0.2) is 0 Å². The van der Waals surface area contributed by atoms with Crippen molar-refractivity contribution in [3.05, 3.63) is 94.4 Å². The second-order valence-electron chi connectivity index (χ2n) is 16.7. The van der Waals surface area contributed by atoms with Crippen LogP contribution in [0, 0.1) is 34.3 Å². The van der Waals surface area contributed by atoms with E-state index in [1.165, 1.54) is 22.8 Å². The van der Waals surface area contributed by atoms with Crippen molar-refractivity contribution >= 4 is 39.8 Å². The highest BCUT2D eigenvalue weighted by Crippen LogP contribution is 2.37. The highest BCUT2D eigenvalue weighted by atomic mass is 19.1. The average Bonchev–Trinajstić information content (AvgIpc) is 3.84. The number of piperazine rings is 1. The predicted octanol–water partition coefficient (Wildman–Crippen LogP) is 5.46. The molecule has 2 atom stereocenters. The van der Waals surface area contributed by atoms with E-state index in [9.17, 15) is 30.0 Å². The molecule has 3 amide bonds. The maximum absolute atomic E-state index is 15.2. The topological polar surface area (TPSA) is 185 Å². The predicted molar refractivity (Wildman–Crippen MR) is 216 cm³/mol. The summed E-state index contributed by atoms with van der Waals surface area (Å²) in [6.07, 6.45) is 7.88. The number of hydrogen-bond acceptors (Lipinski definition) is 10. The van der Waals surface area contributed by atoms with E-state index in [4.69, 9.17) is 5.10 Å². The summed E-state index contributed by atoms with van der Waals surface area (Å²) in [5.41, 5.74) is 1.86. The largest absolute Gasteiger partial charge is 0.386 e. The van der Waals surface area contributed by atoms with Gasteiger partial charge < -0.3 is 15.3 Å². The zero-order valence-electron chi connectivity index (χ0n) is 33.5. The molecule has 1 saturated carbocycles. The fourth-order valence-corrected chi connectivity index (χ4v) is 9.24. The van der Waals surface area contributed by atoms with Gasteiger partial charge in [-0.15, -0.1) is 0 Å². The van der Waals surface area contributed by atoms with E-state index in [-0.39, 0.29) is 36.2 Å². The molecule has 5 aromatic rings. The van der Waals surface area contributed by atoms with Crippen LogP contribution in [0.2, 0.25) is 0 Å². The number of benzene rings is 2. The second-order valence-corrected chi connectivity index (χ2v) is 16.7. The van der Waals surface area contributed by atoms with Gasteiger partial charge in [0.25, 0.3) is 5.91 Å². The van der Waals surface area contributed by atoms with Crippen molar-refractivity contribution in [1.29, 1.82) is 10.5 Å². The lowest BCUT2D eigenvalue weighted by Gasteiger charge is -2.46. The first kappa shape index (κ1) is 40.7. The fourth-order valence-electron chi connectivity index (χ4n) is 9.24. The van der Waals surface area contributed by atoms with Crippen LogP contribution in [-0.2, 0) is 21.6 Å². The highest BCUT2D eigenvalue weighted by Gasteiger charge is 2.36. The van der Waals surface area contributed by atoms with E-state index in [0.29, 0.717) is 65.4 Å². The third kappa shape index (κ3) is 8.23. The molecule has 3 fully saturated rings. The van der Waals surface area contributed by atoms with Crippen molar-refractivity contribution in [2.75, 3.05) is 31.5 Å². The number of nitriles is 2. The Morgan fingerprint density at radius 1 is 1.02 bits per heavy atom. The molecule has 5 heterocycles. The van der Waals surface area contributed by atoms with Gasteiger partial charge in [0.2, 0.25) is 11.8 Å². The Morgan fingerprint density at radius 2 is 1.77 bits per heavy atom. The Balaban J connectivity index is 0.897. The fraction of sp³-hybridized carbons (Fsp3) is 0.432. The van der Waals surface area contributed by atoms with E-state index < -0.39 is 40.9 Å². The number of rotatable bonds is 10. The van der Waals surface area contributed by atoms with Crippen LogP contribution in [0.25, 0.3) is 16.4 Å². The van der Waals surface area contributed by atoms with Gasteiger partial charge in [0.1, 0.15) is 23.4 Å². The molecule has 8 rings (SSSR count). The minimum atomic E-state index is -1.29. The van der Waals surface area contributed by atoms with Gasteiger partial charge in [-0.05, 0) is 100 Å². The van der Waals surface area contributed by atoms with Crippen molar-refractivity contribution in [3.63, 3.8) is 0 Å². The van der Waals surface area contributed by atoms with E-state index in [0.717, 1.165) is 44.2 Å². The smallest absolute Gasteiger partial charge is 0.274 e. The zero-order chi connectivity index (χ0) is 42.3. The molecule has 16 heteroatoms. The van der Waals surface area contributed by atoms with E-state index in [2.05, 4.69) is 37.7 Å². The maximum atomic E-state index is 15.2. The lowest BCUT2D eigenvalue weighted by Crippen LogP contribution is -2.57. The number of hydrogen-bond donors (Lipinski definition) is 3. The van der Waals surface area contributed by atoms with Crippen LogP contribution in [0.5, 0.6) is 0 Å².